The predicted octanol–water partition coefficient (Wildman–Crippen LogP) is 2.99. The number of ether oxygens (including phenoxy) is 2. The quantitative estimate of drug-likeness (QED) is 0.876. The number of phenols is 1. The van der Waals surface area contributed by atoms with Crippen LogP contribution in [0.3, 0.4) is 0 Å². The van der Waals surface area contributed by atoms with Gasteiger partial charge in [0.25, 0.3) is 0 Å². The van der Waals surface area contributed by atoms with Gasteiger partial charge in [-0.1, -0.05) is 6.07 Å². The monoisotopic (exact) mass is 276 g/mol. The molecule has 0 spiro atoms. The highest BCUT2D eigenvalue weighted by Gasteiger charge is 2.13. The Morgan fingerprint density at radius 1 is 1.15 bits per heavy atom. The van der Waals surface area contributed by atoms with Crippen LogP contribution in [0.5, 0.6) is 11.5 Å². The van der Waals surface area contributed by atoms with Crippen molar-refractivity contribution in [2.24, 2.45) is 0 Å². The third-order valence-corrected chi connectivity index (χ3v) is 2.88. The summed E-state index contributed by atoms with van der Waals surface area (Å²) < 4.78 is 23.4. The van der Waals surface area contributed by atoms with E-state index >= 15 is 0 Å². The Bertz CT molecular complexity index is 652. The first kappa shape index (κ1) is 13.9. The maximum Gasteiger partial charge on any atom is 0.337 e. The van der Waals surface area contributed by atoms with E-state index in [9.17, 15) is 14.3 Å². The number of carbonyl (C=O) groups excluding carboxylic acids is 1. The van der Waals surface area contributed by atoms with Crippen LogP contribution >= 0.6 is 0 Å². The Labute approximate surface area is 115 Å². The van der Waals surface area contributed by atoms with Crippen molar-refractivity contribution in [3.8, 4) is 22.6 Å². The van der Waals surface area contributed by atoms with E-state index in [2.05, 4.69) is 4.74 Å². The van der Waals surface area contributed by atoms with Gasteiger partial charge < -0.3 is 14.6 Å². The van der Waals surface area contributed by atoms with Crippen molar-refractivity contribution >= 4 is 5.97 Å². The number of aromatic hydroxyl groups is 1. The fourth-order valence-electron chi connectivity index (χ4n) is 1.85. The second-order valence-corrected chi connectivity index (χ2v) is 4.07. The van der Waals surface area contributed by atoms with Gasteiger partial charge in [0, 0.05) is 5.56 Å². The Morgan fingerprint density at radius 2 is 1.90 bits per heavy atom. The van der Waals surface area contributed by atoms with E-state index < -0.39 is 11.8 Å². The lowest BCUT2D eigenvalue weighted by atomic mass is 10.0. The van der Waals surface area contributed by atoms with Crippen LogP contribution < -0.4 is 4.74 Å². The van der Waals surface area contributed by atoms with Crippen molar-refractivity contribution in [3.05, 3.63) is 47.8 Å². The molecule has 4 nitrogen and oxygen atoms in total. The highest BCUT2D eigenvalue weighted by Crippen LogP contribution is 2.32. The van der Waals surface area contributed by atoms with Gasteiger partial charge in [-0.3, -0.25) is 0 Å². The zero-order valence-corrected chi connectivity index (χ0v) is 11.0. The van der Waals surface area contributed by atoms with Gasteiger partial charge in [0.15, 0.2) is 11.5 Å². The molecule has 0 amide bonds. The van der Waals surface area contributed by atoms with Crippen LogP contribution in [-0.2, 0) is 4.74 Å². The highest BCUT2D eigenvalue weighted by molar-refractivity contribution is 5.91. The number of hydrogen-bond donors (Lipinski definition) is 1. The molecular formula is C15H13FO4. The first-order valence-corrected chi connectivity index (χ1v) is 5.82. The van der Waals surface area contributed by atoms with E-state index in [1.165, 1.54) is 44.6 Å². The first-order valence-electron chi connectivity index (χ1n) is 5.82. The summed E-state index contributed by atoms with van der Waals surface area (Å²) in [5.41, 5.74) is 0.872. The number of hydrogen-bond acceptors (Lipinski definition) is 4. The number of halogens is 1. The van der Waals surface area contributed by atoms with Gasteiger partial charge in [0.05, 0.1) is 19.8 Å². The van der Waals surface area contributed by atoms with Crippen LogP contribution in [-0.4, -0.2) is 25.3 Å². The third-order valence-electron chi connectivity index (χ3n) is 2.88. The van der Waals surface area contributed by atoms with Gasteiger partial charge >= 0.3 is 5.97 Å². The fourth-order valence-corrected chi connectivity index (χ4v) is 1.85. The molecule has 0 fully saturated rings. The molecule has 0 bridgehead atoms. The van der Waals surface area contributed by atoms with Gasteiger partial charge in [-0.25, -0.2) is 9.18 Å². The Kier molecular flexibility index (Phi) is 3.89. The van der Waals surface area contributed by atoms with Gasteiger partial charge in [0.1, 0.15) is 5.82 Å². The van der Waals surface area contributed by atoms with Crippen LogP contribution in [0.2, 0.25) is 0 Å². The molecule has 5 heteroatoms. The molecule has 0 radical (unpaired) electrons. The van der Waals surface area contributed by atoms with Gasteiger partial charge in [-0.2, -0.15) is 0 Å². The highest BCUT2D eigenvalue weighted by atomic mass is 19.1. The smallest absolute Gasteiger partial charge is 0.337 e. The molecule has 0 aliphatic rings. The molecule has 0 aliphatic heterocycles. The van der Waals surface area contributed by atoms with Crippen molar-refractivity contribution in [3.63, 3.8) is 0 Å². The van der Waals surface area contributed by atoms with Crippen molar-refractivity contribution in [2.45, 2.75) is 0 Å². The summed E-state index contributed by atoms with van der Waals surface area (Å²) in [5, 5.41) is 9.73. The van der Waals surface area contributed by atoms with E-state index in [1.54, 1.807) is 6.07 Å². The zero-order chi connectivity index (χ0) is 14.7. The Balaban J connectivity index is 2.51. The Hall–Kier alpha value is -2.56. The number of carbonyl (C=O) groups is 1. The lowest BCUT2D eigenvalue weighted by Crippen LogP contribution is -2.01. The van der Waals surface area contributed by atoms with Crippen molar-refractivity contribution in [1.29, 1.82) is 0 Å². The molecule has 0 aliphatic carbocycles. The van der Waals surface area contributed by atoms with Crippen molar-refractivity contribution in [1.82, 2.24) is 0 Å². The van der Waals surface area contributed by atoms with Crippen molar-refractivity contribution in [2.75, 3.05) is 14.2 Å². The number of phenolic OH excluding ortho intramolecular Hbond substituents is 1. The molecule has 104 valence electrons. The maximum absolute atomic E-state index is 13.9. The van der Waals surface area contributed by atoms with E-state index in [1.807, 2.05) is 0 Å². The van der Waals surface area contributed by atoms with Crippen LogP contribution in [0, 0.1) is 5.82 Å². The minimum Gasteiger partial charge on any atom is -0.504 e. The standard InChI is InChI=1S/C15H13FO4/c1-19-14-6-4-9(8-13(14)17)11-7-10(15(18)20-2)3-5-12(11)16/h3-8,17H,1-2H3. The number of benzene rings is 2. The van der Waals surface area contributed by atoms with Gasteiger partial charge in [0.2, 0.25) is 0 Å². The summed E-state index contributed by atoms with van der Waals surface area (Å²) in [6.07, 6.45) is 0. The number of rotatable bonds is 3. The average Bonchev–Trinajstić information content (AvgIpc) is 2.46. The predicted molar refractivity (Wildman–Crippen MR) is 71.4 cm³/mol. The summed E-state index contributed by atoms with van der Waals surface area (Å²) in [7, 11) is 2.68. The lowest BCUT2D eigenvalue weighted by molar-refractivity contribution is 0.0600. The number of methoxy groups -OCH3 is 2. The van der Waals surface area contributed by atoms with Crippen LogP contribution in [0.1, 0.15) is 10.4 Å². The maximum atomic E-state index is 13.9. The molecule has 2 rings (SSSR count). The molecule has 2 aromatic rings. The second kappa shape index (κ2) is 5.61. The number of esters is 1. The zero-order valence-electron chi connectivity index (χ0n) is 11.0. The largest absolute Gasteiger partial charge is 0.504 e. The molecule has 1 N–H and O–H groups in total. The van der Waals surface area contributed by atoms with E-state index in [0.29, 0.717) is 11.3 Å². The molecule has 0 saturated heterocycles. The lowest BCUT2D eigenvalue weighted by Gasteiger charge is -2.08. The molecule has 0 atom stereocenters. The van der Waals surface area contributed by atoms with E-state index in [-0.39, 0.29) is 16.9 Å². The molecule has 0 heterocycles. The molecule has 0 unspecified atom stereocenters. The minimum absolute atomic E-state index is 0.104. The van der Waals surface area contributed by atoms with Crippen LogP contribution in [0.4, 0.5) is 4.39 Å². The normalized spacial score (nSPS) is 10.2. The fraction of sp³-hybridized carbons (Fsp3) is 0.133. The summed E-state index contributed by atoms with van der Waals surface area (Å²) in [4.78, 5) is 11.5. The summed E-state index contributed by atoms with van der Waals surface area (Å²) in [6.45, 7) is 0. The molecule has 2 aromatic carbocycles. The SMILES string of the molecule is COC(=O)c1ccc(F)c(-c2ccc(OC)c(O)c2)c1. The summed E-state index contributed by atoms with van der Waals surface area (Å²) in [5.74, 6) is -0.864. The van der Waals surface area contributed by atoms with Crippen LogP contribution in [0.15, 0.2) is 36.4 Å². The summed E-state index contributed by atoms with van der Waals surface area (Å²) in [6, 6.07) is 8.39. The van der Waals surface area contributed by atoms with Gasteiger partial charge in [-0.15, -0.1) is 0 Å². The van der Waals surface area contributed by atoms with E-state index in [0.717, 1.165) is 0 Å². The second-order valence-electron chi connectivity index (χ2n) is 4.07. The minimum atomic E-state index is -0.552. The van der Waals surface area contributed by atoms with Gasteiger partial charge in [-0.05, 0) is 35.9 Å². The molecule has 0 aromatic heterocycles. The third kappa shape index (κ3) is 2.56. The molecular weight excluding hydrogens is 263 g/mol. The van der Waals surface area contributed by atoms with Crippen LogP contribution in [0.25, 0.3) is 11.1 Å². The Morgan fingerprint density at radius 3 is 2.50 bits per heavy atom. The van der Waals surface area contributed by atoms with E-state index in [4.69, 9.17) is 4.74 Å². The first-order chi connectivity index (χ1) is 9.56. The van der Waals surface area contributed by atoms with Crippen molar-refractivity contribution < 1.29 is 23.8 Å². The molecule has 20 heavy (non-hydrogen) atoms. The summed E-state index contributed by atoms with van der Waals surface area (Å²) >= 11 is 0. The molecule has 0 saturated carbocycles. The average molecular weight is 276 g/mol. The topological polar surface area (TPSA) is 55.8 Å².